The van der Waals surface area contributed by atoms with Crippen molar-refractivity contribution in [3.05, 3.63) is 70.5 Å². The fourth-order valence-corrected chi connectivity index (χ4v) is 3.09. The normalized spacial score (nSPS) is 13.2. The van der Waals surface area contributed by atoms with E-state index in [1.54, 1.807) is 37.8 Å². The van der Waals surface area contributed by atoms with Crippen LogP contribution in [0.2, 0.25) is 19.6 Å². The summed E-state index contributed by atoms with van der Waals surface area (Å²) < 4.78 is 74.2. The summed E-state index contributed by atoms with van der Waals surface area (Å²) in [6.07, 6.45) is -1.37. The third-order valence-electron chi connectivity index (χ3n) is 3.08. The van der Waals surface area contributed by atoms with Gasteiger partial charge in [-0.1, -0.05) is 30.3 Å². The summed E-state index contributed by atoms with van der Waals surface area (Å²) in [6.45, 7) is 5.28. The zero-order chi connectivity index (χ0) is 17.4. The minimum atomic E-state index is -2.35. The van der Waals surface area contributed by atoms with Crippen LogP contribution in [-0.4, -0.2) is 8.32 Å². The smallest absolute Gasteiger partial charge is 0.200 e. The predicted molar refractivity (Wildman–Crippen MR) is 78.9 cm³/mol. The van der Waals surface area contributed by atoms with Crippen molar-refractivity contribution in [2.45, 2.75) is 25.7 Å². The van der Waals surface area contributed by atoms with Crippen molar-refractivity contribution in [1.29, 1.82) is 0 Å². The maximum absolute atomic E-state index is 14.1. The molecule has 124 valence electrons. The fraction of sp³-hybridized carbons (Fsp3) is 0.250. The molecule has 0 saturated heterocycles. The highest BCUT2D eigenvalue weighted by atomic mass is 28.4. The number of rotatable bonds is 4. The second-order valence-electron chi connectivity index (χ2n) is 6.00. The zero-order valence-electron chi connectivity index (χ0n) is 12.8. The van der Waals surface area contributed by atoms with E-state index in [1.165, 1.54) is 12.1 Å². The Hall–Kier alpha value is -1.73. The zero-order valence-corrected chi connectivity index (χ0v) is 13.8. The van der Waals surface area contributed by atoms with Crippen LogP contribution in [0.5, 0.6) is 0 Å². The van der Waals surface area contributed by atoms with E-state index in [4.69, 9.17) is 4.43 Å². The molecule has 1 atom stereocenters. The van der Waals surface area contributed by atoms with Gasteiger partial charge in [0, 0.05) is 0 Å². The van der Waals surface area contributed by atoms with Crippen molar-refractivity contribution < 1.29 is 26.4 Å². The monoisotopic (exact) mass is 346 g/mol. The minimum absolute atomic E-state index is 0.318. The summed E-state index contributed by atoms with van der Waals surface area (Å²) in [7, 11) is -2.35. The summed E-state index contributed by atoms with van der Waals surface area (Å²) in [5.41, 5.74) is -0.645. The van der Waals surface area contributed by atoms with Crippen molar-refractivity contribution in [3.63, 3.8) is 0 Å². The number of benzene rings is 2. The first-order valence-corrected chi connectivity index (χ1v) is 10.3. The molecule has 0 spiro atoms. The molecule has 0 aliphatic rings. The average Bonchev–Trinajstić information content (AvgIpc) is 2.50. The van der Waals surface area contributed by atoms with Crippen molar-refractivity contribution in [2.75, 3.05) is 0 Å². The van der Waals surface area contributed by atoms with E-state index in [2.05, 4.69) is 0 Å². The number of halogens is 5. The van der Waals surface area contributed by atoms with Crippen LogP contribution in [0.4, 0.5) is 22.0 Å². The maximum atomic E-state index is 14.1. The van der Waals surface area contributed by atoms with Gasteiger partial charge in [-0.05, 0) is 25.2 Å². The first-order chi connectivity index (χ1) is 10.6. The first kappa shape index (κ1) is 17.6. The molecule has 0 heterocycles. The van der Waals surface area contributed by atoms with Crippen LogP contribution in [0, 0.1) is 29.1 Å². The van der Waals surface area contributed by atoms with Crippen molar-refractivity contribution in [3.8, 4) is 0 Å². The van der Waals surface area contributed by atoms with Gasteiger partial charge in [-0.3, -0.25) is 0 Å². The molecule has 23 heavy (non-hydrogen) atoms. The molecule has 2 aromatic carbocycles. The van der Waals surface area contributed by atoms with Gasteiger partial charge in [0.2, 0.25) is 5.82 Å². The Morgan fingerprint density at radius 1 is 0.739 bits per heavy atom. The van der Waals surface area contributed by atoms with Gasteiger partial charge in [0.15, 0.2) is 31.6 Å². The lowest BCUT2D eigenvalue weighted by atomic mass is 10.00. The Kier molecular flexibility index (Phi) is 4.91. The molecule has 2 aromatic rings. The molecule has 0 saturated carbocycles. The van der Waals surface area contributed by atoms with Crippen LogP contribution in [0.15, 0.2) is 30.3 Å². The highest BCUT2D eigenvalue weighted by Crippen LogP contribution is 2.35. The third-order valence-corrected chi connectivity index (χ3v) is 4.02. The molecular formula is C16H15F5OSi. The Bertz CT molecular complexity index is 684. The van der Waals surface area contributed by atoms with Crippen LogP contribution in [-0.2, 0) is 4.43 Å². The second-order valence-corrected chi connectivity index (χ2v) is 10.5. The van der Waals surface area contributed by atoms with Gasteiger partial charge in [-0.25, -0.2) is 22.0 Å². The molecule has 0 N–H and O–H groups in total. The summed E-state index contributed by atoms with van der Waals surface area (Å²) in [5.74, 6) is -9.86. The molecule has 1 nitrogen and oxygen atoms in total. The molecule has 0 aliphatic carbocycles. The highest BCUT2D eigenvalue weighted by molar-refractivity contribution is 6.69. The molecule has 0 amide bonds. The Labute approximate surface area is 131 Å². The minimum Gasteiger partial charge on any atom is -0.406 e. The van der Waals surface area contributed by atoms with Gasteiger partial charge in [0.25, 0.3) is 0 Å². The lowest BCUT2D eigenvalue weighted by Gasteiger charge is -2.28. The van der Waals surface area contributed by atoms with E-state index < -0.39 is 49.1 Å². The van der Waals surface area contributed by atoms with E-state index in [-0.39, 0.29) is 0 Å². The van der Waals surface area contributed by atoms with Gasteiger partial charge in [-0.15, -0.1) is 0 Å². The van der Waals surface area contributed by atoms with Crippen molar-refractivity contribution in [2.24, 2.45) is 0 Å². The van der Waals surface area contributed by atoms with Gasteiger partial charge in [-0.2, -0.15) is 0 Å². The van der Waals surface area contributed by atoms with Crippen LogP contribution in [0.3, 0.4) is 0 Å². The summed E-state index contributed by atoms with van der Waals surface area (Å²) in [6, 6.07) is 7.91. The SMILES string of the molecule is C[Si](C)(C)O[C@@H](c1ccccc1)c1c(F)c(F)c(F)c(F)c1F. The topological polar surface area (TPSA) is 9.23 Å². The largest absolute Gasteiger partial charge is 0.406 e. The Morgan fingerprint density at radius 3 is 1.61 bits per heavy atom. The maximum Gasteiger partial charge on any atom is 0.200 e. The van der Waals surface area contributed by atoms with Crippen LogP contribution >= 0.6 is 0 Å². The van der Waals surface area contributed by atoms with E-state index in [0.29, 0.717) is 5.56 Å². The lowest BCUT2D eigenvalue weighted by Crippen LogP contribution is -2.30. The van der Waals surface area contributed by atoms with Crippen molar-refractivity contribution >= 4 is 8.32 Å². The molecule has 0 bridgehead atoms. The predicted octanol–water partition coefficient (Wildman–Crippen LogP) is 5.32. The standard InChI is InChI=1S/C16H15F5OSi/c1-23(2,3)22-16(9-7-5-4-6-8-9)10-11(17)13(19)15(21)14(20)12(10)18/h4-8,16H,1-3H3/t16-/m0/s1. The second kappa shape index (κ2) is 6.41. The lowest BCUT2D eigenvalue weighted by molar-refractivity contribution is 0.220. The summed E-state index contributed by atoms with van der Waals surface area (Å²) >= 11 is 0. The first-order valence-electron chi connectivity index (χ1n) is 6.87. The molecule has 0 aliphatic heterocycles. The van der Waals surface area contributed by atoms with Crippen LogP contribution < -0.4 is 0 Å². The van der Waals surface area contributed by atoms with Gasteiger partial charge < -0.3 is 4.43 Å². The number of hydrogen-bond acceptors (Lipinski definition) is 1. The average molecular weight is 346 g/mol. The highest BCUT2D eigenvalue weighted by Gasteiger charge is 2.34. The van der Waals surface area contributed by atoms with Gasteiger partial charge >= 0.3 is 0 Å². The van der Waals surface area contributed by atoms with E-state index in [0.717, 1.165) is 0 Å². The summed E-state index contributed by atoms with van der Waals surface area (Å²) in [4.78, 5) is 0. The number of hydrogen-bond donors (Lipinski definition) is 0. The van der Waals surface area contributed by atoms with Crippen LogP contribution in [0.1, 0.15) is 17.2 Å². The Morgan fingerprint density at radius 2 is 1.17 bits per heavy atom. The molecular weight excluding hydrogens is 331 g/mol. The van der Waals surface area contributed by atoms with E-state index >= 15 is 0 Å². The van der Waals surface area contributed by atoms with Gasteiger partial charge in [0.05, 0.1) is 5.56 Å². The fourth-order valence-electron chi connectivity index (χ4n) is 2.13. The summed E-state index contributed by atoms with van der Waals surface area (Å²) in [5, 5.41) is 0. The van der Waals surface area contributed by atoms with Crippen molar-refractivity contribution in [1.82, 2.24) is 0 Å². The Balaban J connectivity index is 2.70. The van der Waals surface area contributed by atoms with Crippen LogP contribution in [0.25, 0.3) is 0 Å². The molecule has 2 rings (SSSR count). The molecule has 0 aromatic heterocycles. The third kappa shape index (κ3) is 3.61. The molecule has 7 heteroatoms. The molecule has 0 radical (unpaired) electrons. The molecule has 0 unspecified atom stereocenters. The van der Waals surface area contributed by atoms with E-state index in [1.807, 2.05) is 0 Å². The van der Waals surface area contributed by atoms with Gasteiger partial charge in [0.1, 0.15) is 6.10 Å². The van der Waals surface area contributed by atoms with E-state index in [9.17, 15) is 22.0 Å². The quantitative estimate of drug-likeness (QED) is 0.315. The molecule has 0 fully saturated rings.